The van der Waals surface area contributed by atoms with Crippen molar-refractivity contribution in [2.45, 2.75) is 38.7 Å². The normalized spacial score (nSPS) is 14.2. The van der Waals surface area contributed by atoms with Crippen LogP contribution in [0.5, 0.6) is 0 Å². The van der Waals surface area contributed by atoms with Crippen LogP contribution in [0.3, 0.4) is 0 Å². The molecular formula is C17H22N2O2S. The van der Waals surface area contributed by atoms with Crippen LogP contribution in [0.2, 0.25) is 0 Å². The number of hydrogen-bond acceptors (Lipinski definition) is 3. The third-order valence-electron chi connectivity index (χ3n) is 3.93. The van der Waals surface area contributed by atoms with E-state index in [1.54, 1.807) is 37.1 Å². The summed E-state index contributed by atoms with van der Waals surface area (Å²) in [5.74, 6) is 0.00484. The molecular weight excluding hydrogens is 296 g/mol. The van der Waals surface area contributed by atoms with E-state index in [9.17, 15) is 9.90 Å². The van der Waals surface area contributed by atoms with Crippen molar-refractivity contribution in [3.63, 3.8) is 0 Å². The molecule has 1 amide bonds. The molecule has 0 bridgehead atoms. The van der Waals surface area contributed by atoms with E-state index in [1.165, 1.54) is 10.4 Å². The summed E-state index contributed by atoms with van der Waals surface area (Å²) in [4.78, 5) is 15.9. The molecule has 1 aliphatic carbocycles. The maximum absolute atomic E-state index is 13.0. The molecule has 0 aromatic carbocycles. The van der Waals surface area contributed by atoms with E-state index in [-0.39, 0.29) is 5.91 Å². The number of likely N-dealkylation sites (N-methyl/N-ethyl adjacent to an activating group) is 1. The van der Waals surface area contributed by atoms with Gasteiger partial charge in [-0.3, -0.25) is 4.79 Å². The second-order valence-electron chi connectivity index (χ2n) is 6.60. The van der Waals surface area contributed by atoms with E-state index < -0.39 is 5.60 Å². The van der Waals surface area contributed by atoms with Crippen LogP contribution in [-0.4, -0.2) is 39.7 Å². The van der Waals surface area contributed by atoms with Gasteiger partial charge in [0.25, 0.3) is 5.91 Å². The van der Waals surface area contributed by atoms with Crippen molar-refractivity contribution >= 4 is 17.2 Å². The Labute approximate surface area is 135 Å². The Hall–Kier alpha value is -1.59. The molecule has 118 valence electrons. The van der Waals surface area contributed by atoms with Crippen LogP contribution in [0.15, 0.2) is 24.5 Å². The number of carbonyl (C=O) groups is 1. The van der Waals surface area contributed by atoms with Crippen LogP contribution in [0.25, 0.3) is 5.00 Å². The summed E-state index contributed by atoms with van der Waals surface area (Å²) in [6.45, 7) is 3.77. The van der Waals surface area contributed by atoms with E-state index in [4.69, 9.17) is 0 Å². The van der Waals surface area contributed by atoms with Gasteiger partial charge in [0, 0.05) is 30.9 Å². The van der Waals surface area contributed by atoms with Gasteiger partial charge in [0.15, 0.2) is 0 Å². The fraction of sp³-hybridized carbons (Fsp3) is 0.471. The van der Waals surface area contributed by atoms with Gasteiger partial charge in [-0.2, -0.15) is 0 Å². The molecule has 0 spiro atoms. The highest BCUT2D eigenvalue weighted by Crippen LogP contribution is 2.38. The Kier molecular flexibility index (Phi) is 3.87. The number of nitrogens with zero attached hydrogens (tertiary/aromatic N) is 2. The van der Waals surface area contributed by atoms with Gasteiger partial charge in [-0.25, -0.2) is 0 Å². The van der Waals surface area contributed by atoms with Crippen LogP contribution < -0.4 is 0 Å². The monoisotopic (exact) mass is 318 g/mol. The number of aromatic nitrogens is 1. The fourth-order valence-electron chi connectivity index (χ4n) is 3.11. The second kappa shape index (κ2) is 5.56. The van der Waals surface area contributed by atoms with E-state index in [0.29, 0.717) is 6.54 Å². The molecule has 22 heavy (non-hydrogen) atoms. The summed E-state index contributed by atoms with van der Waals surface area (Å²) in [5.41, 5.74) is 1.14. The van der Waals surface area contributed by atoms with Crippen LogP contribution in [0.4, 0.5) is 0 Å². The lowest BCUT2D eigenvalue weighted by Crippen LogP contribution is -2.40. The number of thiophene rings is 1. The van der Waals surface area contributed by atoms with Gasteiger partial charge >= 0.3 is 0 Å². The zero-order valence-corrected chi connectivity index (χ0v) is 14.1. The Morgan fingerprint density at radius 3 is 2.68 bits per heavy atom. The van der Waals surface area contributed by atoms with Crippen LogP contribution in [0.1, 0.15) is 41.1 Å². The molecule has 0 atom stereocenters. The quantitative estimate of drug-likeness (QED) is 0.942. The molecule has 5 heteroatoms. The smallest absolute Gasteiger partial charge is 0.257 e. The minimum absolute atomic E-state index is 0.00484. The highest BCUT2D eigenvalue weighted by atomic mass is 32.1. The van der Waals surface area contributed by atoms with Crippen molar-refractivity contribution in [1.82, 2.24) is 9.47 Å². The number of carbonyl (C=O) groups excluding carboxylic acids is 1. The number of aryl methyl sites for hydroxylation is 1. The van der Waals surface area contributed by atoms with Crippen molar-refractivity contribution in [2.24, 2.45) is 0 Å². The fourth-order valence-corrected chi connectivity index (χ4v) is 4.45. The first kappa shape index (κ1) is 15.3. The van der Waals surface area contributed by atoms with Crippen LogP contribution >= 0.6 is 11.3 Å². The second-order valence-corrected chi connectivity index (χ2v) is 7.69. The zero-order valence-electron chi connectivity index (χ0n) is 13.3. The molecule has 0 saturated carbocycles. The molecule has 0 fully saturated rings. The Morgan fingerprint density at radius 1 is 1.36 bits per heavy atom. The Bertz CT molecular complexity index is 680. The molecule has 0 radical (unpaired) electrons. The summed E-state index contributed by atoms with van der Waals surface area (Å²) < 4.78 is 2.02. The number of hydrogen-bond donors (Lipinski definition) is 1. The first-order valence-corrected chi connectivity index (χ1v) is 8.44. The Morgan fingerprint density at radius 2 is 2.05 bits per heavy atom. The molecule has 3 rings (SSSR count). The van der Waals surface area contributed by atoms with E-state index in [2.05, 4.69) is 0 Å². The Balaban J connectivity index is 2.00. The highest BCUT2D eigenvalue weighted by Gasteiger charge is 2.30. The third-order valence-corrected chi connectivity index (χ3v) is 5.23. The molecule has 0 unspecified atom stereocenters. The lowest BCUT2D eigenvalue weighted by molar-refractivity contribution is 0.0367. The maximum Gasteiger partial charge on any atom is 0.257 e. The third kappa shape index (κ3) is 2.83. The molecule has 1 N–H and O–H groups in total. The van der Waals surface area contributed by atoms with Gasteiger partial charge in [0.2, 0.25) is 0 Å². The number of fused-ring (bicyclic) bond motifs is 1. The minimum atomic E-state index is -0.892. The topological polar surface area (TPSA) is 45.5 Å². The van der Waals surface area contributed by atoms with Gasteiger partial charge in [0.05, 0.1) is 11.2 Å². The highest BCUT2D eigenvalue weighted by molar-refractivity contribution is 7.15. The number of aliphatic hydroxyl groups is 1. The van der Waals surface area contributed by atoms with E-state index >= 15 is 0 Å². The molecule has 0 aliphatic heterocycles. The lowest BCUT2D eigenvalue weighted by atomic mass is 10.1. The molecule has 0 saturated heterocycles. The predicted octanol–water partition coefficient (Wildman–Crippen LogP) is 2.87. The van der Waals surface area contributed by atoms with Crippen molar-refractivity contribution < 1.29 is 9.90 Å². The van der Waals surface area contributed by atoms with Gasteiger partial charge < -0.3 is 14.6 Å². The average Bonchev–Trinajstić information content (AvgIpc) is 3.11. The van der Waals surface area contributed by atoms with Gasteiger partial charge in [-0.15, -0.1) is 11.3 Å². The minimum Gasteiger partial charge on any atom is -0.389 e. The standard InChI is InChI=1S/C17H22N2O2S/c1-17(2,21)11-18(3)15(20)14-12-7-6-8-13(12)22-16(14)19-9-4-5-10-19/h4-5,9-10,21H,6-8,11H2,1-3H3. The van der Waals surface area contributed by atoms with Crippen molar-refractivity contribution in [3.8, 4) is 5.00 Å². The van der Waals surface area contributed by atoms with Gasteiger partial charge in [-0.05, 0) is 50.8 Å². The summed E-state index contributed by atoms with van der Waals surface area (Å²) >= 11 is 1.72. The first-order chi connectivity index (χ1) is 10.4. The van der Waals surface area contributed by atoms with Crippen LogP contribution in [0, 0.1) is 0 Å². The van der Waals surface area contributed by atoms with Gasteiger partial charge in [0.1, 0.15) is 5.00 Å². The van der Waals surface area contributed by atoms with Crippen molar-refractivity contribution in [1.29, 1.82) is 0 Å². The zero-order chi connectivity index (χ0) is 15.9. The van der Waals surface area contributed by atoms with E-state index in [1.807, 2.05) is 29.1 Å². The van der Waals surface area contributed by atoms with Crippen molar-refractivity contribution in [3.05, 3.63) is 40.5 Å². The molecule has 1 aliphatic rings. The van der Waals surface area contributed by atoms with Crippen molar-refractivity contribution in [2.75, 3.05) is 13.6 Å². The first-order valence-electron chi connectivity index (χ1n) is 7.62. The molecule has 2 aromatic rings. The van der Waals surface area contributed by atoms with E-state index in [0.717, 1.165) is 29.8 Å². The number of amides is 1. The maximum atomic E-state index is 13.0. The SMILES string of the molecule is CN(CC(C)(C)O)C(=O)c1c(-n2cccc2)sc2c1CCC2. The largest absolute Gasteiger partial charge is 0.389 e. The van der Waals surface area contributed by atoms with Crippen LogP contribution in [-0.2, 0) is 12.8 Å². The summed E-state index contributed by atoms with van der Waals surface area (Å²) in [6.07, 6.45) is 7.13. The lowest BCUT2D eigenvalue weighted by Gasteiger charge is -2.26. The molecule has 4 nitrogen and oxygen atoms in total. The van der Waals surface area contributed by atoms with Gasteiger partial charge in [-0.1, -0.05) is 0 Å². The summed E-state index contributed by atoms with van der Waals surface area (Å²) in [7, 11) is 1.76. The summed E-state index contributed by atoms with van der Waals surface area (Å²) in [6, 6.07) is 3.94. The predicted molar refractivity (Wildman–Crippen MR) is 88.9 cm³/mol. The molecule has 2 heterocycles. The molecule has 2 aromatic heterocycles. The number of rotatable bonds is 4. The summed E-state index contributed by atoms with van der Waals surface area (Å²) in [5, 5.41) is 11.0. The average molecular weight is 318 g/mol.